The Morgan fingerprint density at radius 1 is 1.07 bits per heavy atom. The number of imidazole rings is 1. The van der Waals surface area contributed by atoms with Crippen molar-refractivity contribution in [2.45, 2.75) is 25.7 Å². The lowest BCUT2D eigenvalue weighted by Gasteiger charge is -2.36. The van der Waals surface area contributed by atoms with Crippen LogP contribution in [0.25, 0.3) is 38.8 Å². The van der Waals surface area contributed by atoms with Crippen LogP contribution in [0.1, 0.15) is 5.56 Å². The van der Waals surface area contributed by atoms with Gasteiger partial charge >= 0.3 is 11.9 Å². The first kappa shape index (κ1) is 25.8. The molecule has 1 aliphatic rings. The molecule has 0 N–H and O–H groups in total. The molecule has 1 aliphatic heterocycles. The van der Waals surface area contributed by atoms with Gasteiger partial charge in [-0.1, -0.05) is 24.3 Å². The third kappa shape index (κ3) is 4.24. The Morgan fingerprint density at radius 2 is 1.85 bits per heavy atom. The Labute approximate surface area is 226 Å². The second-order valence-electron chi connectivity index (χ2n) is 9.80. The van der Waals surface area contributed by atoms with Crippen LogP contribution in [0.3, 0.4) is 0 Å². The van der Waals surface area contributed by atoms with Crippen LogP contribution >= 0.6 is 0 Å². The highest BCUT2D eigenvalue weighted by molar-refractivity contribution is 5.94. The largest absolute Gasteiger partial charge is 0.411 e. The smallest absolute Gasteiger partial charge is 0.377 e. The van der Waals surface area contributed by atoms with Crippen LogP contribution in [0.4, 0.5) is 13.2 Å². The second-order valence-corrected chi connectivity index (χ2v) is 9.80. The van der Waals surface area contributed by atoms with Crippen LogP contribution in [0, 0.1) is 6.92 Å². The number of morpholine rings is 1. The molecule has 1 unspecified atom stereocenters. The highest BCUT2D eigenvalue weighted by Crippen LogP contribution is 2.30. The van der Waals surface area contributed by atoms with Crippen LogP contribution in [0.5, 0.6) is 0 Å². The van der Waals surface area contributed by atoms with Crippen molar-refractivity contribution in [2.24, 2.45) is 7.05 Å². The molecule has 12 heteroatoms. The van der Waals surface area contributed by atoms with Crippen LogP contribution in [0.2, 0.25) is 0 Å². The van der Waals surface area contributed by atoms with Gasteiger partial charge in [0.1, 0.15) is 6.54 Å². The number of benzene rings is 2. The molecule has 1 saturated heterocycles. The Hall–Kier alpha value is -4.45. The van der Waals surface area contributed by atoms with Gasteiger partial charge in [0.15, 0.2) is 6.04 Å². The Balaban J connectivity index is 1.40. The summed E-state index contributed by atoms with van der Waals surface area (Å²) in [6.07, 6.45) is 0.638. The van der Waals surface area contributed by atoms with E-state index in [2.05, 4.69) is 10.1 Å². The van der Waals surface area contributed by atoms with Crippen molar-refractivity contribution in [3.63, 3.8) is 0 Å². The van der Waals surface area contributed by atoms with Crippen molar-refractivity contribution < 1.29 is 22.7 Å². The zero-order valence-electron chi connectivity index (χ0n) is 21.7. The number of hydrogen-bond donors (Lipinski definition) is 0. The average Bonchev–Trinajstić information content (AvgIpc) is 3.46. The van der Waals surface area contributed by atoms with Gasteiger partial charge in [-0.2, -0.15) is 18.3 Å². The van der Waals surface area contributed by atoms with Gasteiger partial charge in [0.05, 0.1) is 47.8 Å². The number of amides is 1. The highest BCUT2D eigenvalue weighted by Gasteiger charge is 2.47. The molecule has 1 amide bonds. The van der Waals surface area contributed by atoms with Crippen molar-refractivity contribution in [3.8, 4) is 16.8 Å². The summed E-state index contributed by atoms with van der Waals surface area (Å²) in [5, 5.41) is 5.25. The topological polar surface area (TPSA) is 87.2 Å². The molecule has 0 radical (unpaired) electrons. The van der Waals surface area contributed by atoms with E-state index in [-0.39, 0.29) is 13.2 Å². The third-order valence-corrected chi connectivity index (χ3v) is 7.38. The molecule has 4 heterocycles. The van der Waals surface area contributed by atoms with Gasteiger partial charge in [0, 0.05) is 30.7 Å². The van der Waals surface area contributed by atoms with E-state index < -0.39 is 37.0 Å². The van der Waals surface area contributed by atoms with Crippen molar-refractivity contribution in [2.75, 3.05) is 19.8 Å². The first-order chi connectivity index (χ1) is 19.1. The Kier molecular flexibility index (Phi) is 6.21. The molecule has 6 rings (SSSR count). The van der Waals surface area contributed by atoms with E-state index in [0.29, 0.717) is 16.7 Å². The van der Waals surface area contributed by atoms with Crippen molar-refractivity contribution in [3.05, 3.63) is 77.1 Å². The SMILES string of the molecule is Cc1cccc2c1n(-c1ccc(-c3cncc4c3cnn4C)cc1)c(=O)n2CC(=O)N1CCOCC1C(F)(F)F. The lowest BCUT2D eigenvalue weighted by Crippen LogP contribution is -2.56. The maximum atomic E-state index is 13.8. The summed E-state index contributed by atoms with van der Waals surface area (Å²) < 4.78 is 50.2. The quantitative estimate of drug-likeness (QED) is 0.340. The fourth-order valence-corrected chi connectivity index (χ4v) is 5.34. The summed E-state index contributed by atoms with van der Waals surface area (Å²) in [6, 6.07) is 10.6. The first-order valence-electron chi connectivity index (χ1n) is 12.7. The van der Waals surface area contributed by atoms with Crippen LogP contribution in [0.15, 0.2) is 65.8 Å². The van der Waals surface area contributed by atoms with E-state index >= 15 is 0 Å². The van der Waals surface area contributed by atoms with Crippen LogP contribution in [-0.4, -0.2) is 66.7 Å². The molecule has 0 saturated carbocycles. The van der Waals surface area contributed by atoms with Gasteiger partial charge in [0.2, 0.25) is 5.91 Å². The zero-order valence-corrected chi connectivity index (χ0v) is 21.7. The minimum atomic E-state index is -4.64. The van der Waals surface area contributed by atoms with E-state index in [9.17, 15) is 22.8 Å². The lowest BCUT2D eigenvalue weighted by atomic mass is 10.0. The summed E-state index contributed by atoms with van der Waals surface area (Å²) in [6.45, 7) is 0.498. The molecule has 40 heavy (non-hydrogen) atoms. The Morgan fingerprint density at radius 3 is 2.60 bits per heavy atom. The molecule has 1 atom stereocenters. The highest BCUT2D eigenvalue weighted by atomic mass is 19.4. The fraction of sp³-hybridized carbons (Fsp3) is 0.286. The average molecular weight is 551 g/mol. The molecule has 0 spiro atoms. The lowest BCUT2D eigenvalue weighted by molar-refractivity contribution is -0.213. The monoisotopic (exact) mass is 550 g/mol. The normalized spacial score (nSPS) is 16.2. The van der Waals surface area contributed by atoms with Gasteiger partial charge in [-0.15, -0.1) is 0 Å². The number of rotatable bonds is 4. The predicted octanol–water partition coefficient (Wildman–Crippen LogP) is 3.84. The number of alkyl halides is 3. The van der Waals surface area contributed by atoms with Gasteiger partial charge in [-0.05, 0) is 36.2 Å². The number of hydrogen-bond acceptors (Lipinski definition) is 5. The van der Waals surface area contributed by atoms with Crippen LogP contribution < -0.4 is 5.69 Å². The Bertz CT molecular complexity index is 1800. The summed E-state index contributed by atoms with van der Waals surface area (Å²) in [5.74, 6) is -0.791. The predicted molar refractivity (Wildman–Crippen MR) is 142 cm³/mol. The molecular weight excluding hydrogens is 525 g/mol. The number of carbonyl (C=O) groups is 1. The zero-order chi connectivity index (χ0) is 28.2. The van der Waals surface area contributed by atoms with Crippen molar-refractivity contribution in [1.82, 2.24) is 28.8 Å². The number of nitrogens with zero attached hydrogens (tertiary/aromatic N) is 6. The number of ether oxygens (including phenoxy) is 1. The summed E-state index contributed by atoms with van der Waals surface area (Å²) in [5.41, 5.74) is 4.52. The minimum Gasteiger partial charge on any atom is -0.377 e. The van der Waals surface area contributed by atoms with Gasteiger partial charge in [-0.25, -0.2) is 4.79 Å². The molecule has 2 aromatic carbocycles. The molecule has 9 nitrogen and oxygen atoms in total. The number of fused-ring (bicyclic) bond motifs is 2. The van der Waals surface area contributed by atoms with Crippen molar-refractivity contribution in [1.29, 1.82) is 0 Å². The summed E-state index contributed by atoms with van der Waals surface area (Å²) >= 11 is 0. The van der Waals surface area contributed by atoms with Crippen molar-refractivity contribution >= 4 is 27.8 Å². The summed E-state index contributed by atoms with van der Waals surface area (Å²) in [7, 11) is 1.84. The minimum absolute atomic E-state index is 0.00270. The maximum Gasteiger partial charge on any atom is 0.411 e. The van der Waals surface area contributed by atoms with E-state index in [4.69, 9.17) is 4.74 Å². The first-order valence-corrected chi connectivity index (χ1v) is 12.7. The van der Waals surface area contributed by atoms with E-state index in [1.54, 1.807) is 47.5 Å². The number of carbonyl (C=O) groups excluding carboxylic acids is 1. The molecule has 206 valence electrons. The maximum absolute atomic E-state index is 13.8. The van der Waals surface area contributed by atoms with Gasteiger partial charge < -0.3 is 9.64 Å². The van der Waals surface area contributed by atoms with Gasteiger partial charge in [-0.3, -0.25) is 23.6 Å². The molecule has 5 aromatic rings. The molecule has 0 bridgehead atoms. The van der Waals surface area contributed by atoms with E-state index in [1.807, 2.05) is 32.2 Å². The fourth-order valence-electron chi connectivity index (χ4n) is 5.34. The number of para-hydroxylation sites is 1. The number of aryl methyl sites for hydroxylation is 2. The standard InChI is InChI=1S/C28H25F3N6O3/c1-17-4-3-5-22-26(17)37(27(39)36(22)15-25(38)35-10-11-40-16-24(35)28(29,30)31)19-8-6-18(7-9-19)20-12-32-14-23-21(20)13-33-34(23)2/h3-9,12-14,24H,10-11,15-16H2,1-2H3. The molecular formula is C28H25F3N6O3. The number of halogens is 3. The molecule has 3 aromatic heterocycles. The third-order valence-electron chi connectivity index (χ3n) is 7.38. The van der Waals surface area contributed by atoms with E-state index in [0.717, 1.165) is 32.5 Å². The van der Waals surface area contributed by atoms with Gasteiger partial charge in [0.25, 0.3) is 0 Å². The number of aromatic nitrogens is 5. The second kappa shape index (κ2) is 9.63. The summed E-state index contributed by atoms with van der Waals surface area (Å²) in [4.78, 5) is 32.0. The molecule has 0 aliphatic carbocycles. The van der Waals surface area contributed by atoms with E-state index in [1.165, 1.54) is 9.13 Å². The number of pyridine rings is 1. The molecule has 1 fully saturated rings. The van der Waals surface area contributed by atoms with Crippen LogP contribution in [-0.2, 0) is 23.1 Å².